The number of alkyl carbamates (subject to hydrolysis) is 1. The lowest BCUT2D eigenvalue weighted by atomic mass is 10.0. The van der Waals surface area contributed by atoms with E-state index < -0.39 is 29.6 Å². The number of hydrogen-bond acceptors (Lipinski definition) is 6. The second-order valence-corrected chi connectivity index (χ2v) is 11.1. The van der Waals surface area contributed by atoms with E-state index in [9.17, 15) is 19.2 Å². The van der Waals surface area contributed by atoms with Gasteiger partial charge in [0, 0.05) is 34.6 Å². The summed E-state index contributed by atoms with van der Waals surface area (Å²) in [6, 6.07) is 13.1. The van der Waals surface area contributed by atoms with Crippen molar-refractivity contribution in [3.8, 4) is 0 Å². The van der Waals surface area contributed by atoms with Gasteiger partial charge < -0.3 is 30.4 Å². The molecule has 4 N–H and O–H groups in total. The lowest BCUT2D eigenvalue weighted by Crippen LogP contribution is -2.47. The zero-order valence-corrected chi connectivity index (χ0v) is 23.4. The average molecular weight is 549 g/mol. The number of anilines is 2. The van der Waals surface area contributed by atoms with Gasteiger partial charge in [0.2, 0.25) is 11.8 Å². The Labute approximate surface area is 233 Å². The van der Waals surface area contributed by atoms with Crippen molar-refractivity contribution < 1.29 is 28.7 Å². The zero-order valence-electron chi connectivity index (χ0n) is 23.4. The smallest absolute Gasteiger partial charge is 0.408 e. The van der Waals surface area contributed by atoms with Crippen LogP contribution in [0.4, 0.5) is 16.2 Å². The molecule has 3 atom stereocenters. The van der Waals surface area contributed by atoms with Crippen molar-refractivity contribution in [2.45, 2.75) is 59.1 Å². The fraction of sp³-hybridized carbons (Fsp3) is 0.400. The Morgan fingerprint density at radius 2 is 1.68 bits per heavy atom. The van der Waals surface area contributed by atoms with Gasteiger partial charge in [-0.1, -0.05) is 19.1 Å². The van der Waals surface area contributed by atoms with E-state index >= 15 is 0 Å². The summed E-state index contributed by atoms with van der Waals surface area (Å²) in [7, 11) is 0. The highest BCUT2D eigenvalue weighted by Crippen LogP contribution is 2.38. The standard InChI is InChI=1S/C30H36N4O6/c1-6-39-28(37)25-16-19-15-21(11-12-23(19)33-25)32-27(36)24(34-29(38)40-30(3,4)5)14-18-7-9-20(10-8-18)31-26(35)22-13-17(22)2/h7-12,15-17,22,24,33H,6,13-14H2,1-5H3,(H,31,35)(H,32,36)(H,34,38)/t17?,22?,24-/m0/s1. The Kier molecular flexibility index (Phi) is 8.46. The number of H-pyrrole nitrogens is 1. The van der Waals surface area contributed by atoms with Gasteiger partial charge in [0.25, 0.3) is 0 Å². The maximum Gasteiger partial charge on any atom is 0.408 e. The Hall–Kier alpha value is -4.34. The second-order valence-electron chi connectivity index (χ2n) is 11.1. The molecule has 40 heavy (non-hydrogen) atoms. The number of carbonyl (C=O) groups is 4. The van der Waals surface area contributed by atoms with Crippen LogP contribution in [-0.2, 0) is 25.5 Å². The maximum atomic E-state index is 13.4. The average Bonchev–Trinajstić information content (AvgIpc) is 3.46. The first kappa shape index (κ1) is 28.7. The van der Waals surface area contributed by atoms with Crippen molar-refractivity contribution in [2.24, 2.45) is 11.8 Å². The highest BCUT2D eigenvalue weighted by atomic mass is 16.6. The van der Waals surface area contributed by atoms with Crippen molar-refractivity contribution in [2.75, 3.05) is 17.2 Å². The molecule has 3 amide bonds. The van der Waals surface area contributed by atoms with Crippen LogP contribution in [0.3, 0.4) is 0 Å². The Bertz CT molecular complexity index is 1410. The summed E-state index contributed by atoms with van der Waals surface area (Å²) < 4.78 is 10.4. The molecule has 1 saturated carbocycles. The summed E-state index contributed by atoms with van der Waals surface area (Å²) in [6.07, 6.45) is 0.383. The number of rotatable bonds is 9. The van der Waals surface area contributed by atoms with E-state index in [4.69, 9.17) is 9.47 Å². The third-order valence-electron chi connectivity index (χ3n) is 6.50. The summed E-state index contributed by atoms with van der Waals surface area (Å²) in [5, 5.41) is 9.17. The van der Waals surface area contributed by atoms with E-state index in [1.807, 2.05) is 19.1 Å². The molecule has 1 fully saturated rings. The number of ether oxygens (including phenoxy) is 2. The van der Waals surface area contributed by atoms with Gasteiger partial charge in [-0.2, -0.15) is 0 Å². The molecule has 1 aliphatic rings. The summed E-state index contributed by atoms with van der Waals surface area (Å²) in [4.78, 5) is 53.2. The van der Waals surface area contributed by atoms with Crippen LogP contribution in [0.15, 0.2) is 48.5 Å². The molecular formula is C30H36N4O6. The summed E-state index contributed by atoms with van der Waals surface area (Å²) in [6.45, 7) is 9.28. The number of aromatic amines is 1. The molecule has 4 rings (SSSR count). The Morgan fingerprint density at radius 1 is 1.00 bits per heavy atom. The predicted molar refractivity (Wildman–Crippen MR) is 152 cm³/mol. The number of carbonyl (C=O) groups excluding carboxylic acids is 4. The quantitative estimate of drug-likeness (QED) is 0.277. The van der Waals surface area contributed by atoms with Crippen molar-refractivity contribution in [3.05, 3.63) is 59.8 Å². The van der Waals surface area contributed by atoms with E-state index in [2.05, 4.69) is 20.9 Å². The van der Waals surface area contributed by atoms with Crippen LogP contribution >= 0.6 is 0 Å². The van der Waals surface area contributed by atoms with Crippen molar-refractivity contribution in [1.29, 1.82) is 0 Å². The maximum absolute atomic E-state index is 13.4. The Morgan fingerprint density at radius 3 is 2.30 bits per heavy atom. The SMILES string of the molecule is CCOC(=O)c1cc2cc(NC(=O)[C@H](Cc3ccc(NC(=O)C4CC4C)cc3)NC(=O)OC(C)(C)C)ccc2[nH]1. The van der Waals surface area contributed by atoms with Crippen molar-refractivity contribution in [1.82, 2.24) is 10.3 Å². The zero-order chi connectivity index (χ0) is 29.0. The largest absolute Gasteiger partial charge is 0.461 e. The number of nitrogens with one attached hydrogen (secondary N) is 4. The van der Waals surface area contributed by atoms with Crippen LogP contribution in [0.5, 0.6) is 0 Å². The molecule has 1 heterocycles. The van der Waals surface area contributed by atoms with Crippen LogP contribution in [0.25, 0.3) is 10.9 Å². The minimum atomic E-state index is -0.945. The first-order chi connectivity index (χ1) is 18.9. The van der Waals surface area contributed by atoms with Crippen LogP contribution in [-0.4, -0.2) is 47.1 Å². The van der Waals surface area contributed by atoms with Gasteiger partial charge in [0.1, 0.15) is 17.3 Å². The highest BCUT2D eigenvalue weighted by Gasteiger charge is 2.39. The second kappa shape index (κ2) is 11.8. The monoisotopic (exact) mass is 548 g/mol. The number of hydrogen-bond donors (Lipinski definition) is 4. The van der Waals surface area contributed by atoms with Gasteiger partial charge in [-0.05, 0) is 82.0 Å². The minimum absolute atomic E-state index is 0.0119. The fourth-order valence-electron chi connectivity index (χ4n) is 4.30. The molecule has 0 spiro atoms. The summed E-state index contributed by atoms with van der Waals surface area (Å²) in [5.74, 6) is -0.411. The Balaban J connectivity index is 1.47. The third-order valence-corrected chi connectivity index (χ3v) is 6.50. The highest BCUT2D eigenvalue weighted by molar-refractivity contribution is 6.00. The number of aromatic nitrogens is 1. The molecule has 2 unspecified atom stereocenters. The number of fused-ring (bicyclic) bond motifs is 1. The third kappa shape index (κ3) is 7.62. The van der Waals surface area contributed by atoms with Crippen LogP contribution in [0.2, 0.25) is 0 Å². The van der Waals surface area contributed by atoms with E-state index in [-0.39, 0.29) is 24.9 Å². The number of benzene rings is 2. The first-order valence-corrected chi connectivity index (χ1v) is 13.4. The van der Waals surface area contributed by atoms with Crippen molar-refractivity contribution >= 4 is 46.2 Å². The predicted octanol–water partition coefficient (Wildman–Crippen LogP) is 5.01. The van der Waals surface area contributed by atoms with Crippen LogP contribution < -0.4 is 16.0 Å². The van der Waals surface area contributed by atoms with Gasteiger partial charge >= 0.3 is 12.1 Å². The fourth-order valence-corrected chi connectivity index (χ4v) is 4.30. The van der Waals surface area contributed by atoms with E-state index in [1.165, 1.54) is 0 Å². The topological polar surface area (TPSA) is 139 Å². The molecule has 10 nitrogen and oxygen atoms in total. The van der Waals surface area contributed by atoms with Gasteiger partial charge in [0.05, 0.1) is 6.61 Å². The summed E-state index contributed by atoms with van der Waals surface area (Å²) in [5.41, 5.74) is 2.25. The first-order valence-electron chi connectivity index (χ1n) is 13.4. The molecule has 212 valence electrons. The molecule has 0 radical (unpaired) electrons. The number of amides is 3. The number of esters is 1. The normalized spacial score (nSPS) is 17.0. The molecule has 10 heteroatoms. The lowest BCUT2D eigenvalue weighted by molar-refractivity contribution is -0.118. The summed E-state index contributed by atoms with van der Waals surface area (Å²) >= 11 is 0. The van der Waals surface area contributed by atoms with Gasteiger partial charge in [-0.3, -0.25) is 9.59 Å². The molecule has 0 saturated heterocycles. The van der Waals surface area contributed by atoms with E-state index in [0.29, 0.717) is 28.5 Å². The molecule has 1 aliphatic carbocycles. The molecule has 2 aromatic carbocycles. The molecule has 1 aromatic heterocycles. The van der Waals surface area contributed by atoms with Crippen LogP contribution in [0, 0.1) is 11.8 Å². The van der Waals surface area contributed by atoms with Crippen molar-refractivity contribution in [3.63, 3.8) is 0 Å². The van der Waals surface area contributed by atoms with E-state index in [0.717, 1.165) is 17.4 Å². The van der Waals surface area contributed by atoms with Gasteiger partial charge in [-0.15, -0.1) is 0 Å². The van der Waals surface area contributed by atoms with E-state index in [1.54, 1.807) is 64.1 Å². The van der Waals surface area contributed by atoms with Crippen LogP contribution in [0.1, 0.15) is 57.1 Å². The molecule has 0 bridgehead atoms. The minimum Gasteiger partial charge on any atom is -0.461 e. The molecular weight excluding hydrogens is 512 g/mol. The molecule has 0 aliphatic heterocycles. The van der Waals surface area contributed by atoms with Gasteiger partial charge in [-0.25, -0.2) is 9.59 Å². The van der Waals surface area contributed by atoms with Gasteiger partial charge in [0.15, 0.2) is 0 Å². The lowest BCUT2D eigenvalue weighted by Gasteiger charge is -2.23. The molecule has 3 aromatic rings.